The summed E-state index contributed by atoms with van der Waals surface area (Å²) in [6.07, 6.45) is 2.34. The number of nitrogens with one attached hydrogen (secondary N) is 1. The van der Waals surface area contributed by atoms with E-state index in [-0.39, 0.29) is 6.54 Å². The van der Waals surface area contributed by atoms with Gasteiger partial charge in [0.05, 0.1) is 18.8 Å². The Hall–Kier alpha value is -3.68. The first kappa shape index (κ1) is 31.3. The van der Waals surface area contributed by atoms with E-state index in [0.717, 1.165) is 28.5 Å². The lowest BCUT2D eigenvalue weighted by Crippen LogP contribution is -2.33. The molecule has 0 bridgehead atoms. The number of aromatic nitrogens is 1. The molecule has 42 heavy (non-hydrogen) atoms. The fourth-order valence-corrected chi connectivity index (χ4v) is 6.12. The number of aliphatic carboxylic acids is 1. The van der Waals surface area contributed by atoms with Crippen molar-refractivity contribution in [3.05, 3.63) is 100 Å². The van der Waals surface area contributed by atoms with Crippen LogP contribution in [0.2, 0.25) is 0 Å². The normalized spacial score (nSPS) is 11.4. The summed E-state index contributed by atoms with van der Waals surface area (Å²) in [5.41, 5.74) is 6.95. The number of rotatable bonds is 16. The molecule has 0 unspecified atom stereocenters. The van der Waals surface area contributed by atoms with Crippen molar-refractivity contribution in [3.63, 3.8) is 0 Å². The number of thiazole rings is 1. The largest absolute Gasteiger partial charge is 0.480 e. The minimum Gasteiger partial charge on any atom is -0.480 e. The molecule has 222 valence electrons. The van der Waals surface area contributed by atoms with Gasteiger partial charge in [0.15, 0.2) is 0 Å². The lowest BCUT2D eigenvalue weighted by Gasteiger charge is -2.30. The van der Waals surface area contributed by atoms with Crippen molar-refractivity contribution in [2.75, 3.05) is 29.9 Å². The fraction of sp³-hybridized carbons (Fsp3) is 0.371. The smallest absolute Gasteiger partial charge is 0.317 e. The van der Waals surface area contributed by atoms with Gasteiger partial charge in [0, 0.05) is 48.0 Å². The molecule has 0 atom stereocenters. The lowest BCUT2D eigenvalue weighted by molar-refractivity contribution is -0.138. The molecule has 6 nitrogen and oxygen atoms in total. The summed E-state index contributed by atoms with van der Waals surface area (Å²) < 4.78 is 0. The van der Waals surface area contributed by atoms with E-state index in [1.54, 1.807) is 11.3 Å². The van der Waals surface area contributed by atoms with Crippen molar-refractivity contribution in [3.8, 4) is 11.3 Å². The van der Waals surface area contributed by atoms with Gasteiger partial charge in [-0.05, 0) is 68.0 Å². The van der Waals surface area contributed by atoms with E-state index in [4.69, 9.17) is 4.98 Å². The van der Waals surface area contributed by atoms with E-state index in [2.05, 4.69) is 91.8 Å². The van der Waals surface area contributed by atoms with E-state index < -0.39 is 5.97 Å². The molecule has 0 saturated heterocycles. The van der Waals surface area contributed by atoms with Crippen molar-refractivity contribution in [2.45, 2.75) is 65.6 Å². The number of carboxylic acid groups (broad SMARTS) is 1. The average Bonchev–Trinajstić information content (AvgIpc) is 3.46. The number of hydrogen-bond acceptors (Lipinski definition) is 6. The summed E-state index contributed by atoms with van der Waals surface area (Å²) in [6.45, 7) is 11.6. The van der Waals surface area contributed by atoms with Gasteiger partial charge in [0.1, 0.15) is 5.01 Å². The minimum atomic E-state index is -0.834. The van der Waals surface area contributed by atoms with Crippen LogP contribution in [0.1, 0.15) is 62.6 Å². The monoisotopic (exact) mass is 584 g/mol. The fourth-order valence-electron chi connectivity index (χ4n) is 5.27. The van der Waals surface area contributed by atoms with Gasteiger partial charge in [-0.2, -0.15) is 0 Å². The van der Waals surface area contributed by atoms with Gasteiger partial charge in [-0.1, -0.05) is 68.4 Å². The first-order valence-corrected chi connectivity index (χ1v) is 15.9. The summed E-state index contributed by atoms with van der Waals surface area (Å²) >= 11 is 1.58. The third-order valence-electron chi connectivity index (χ3n) is 7.71. The van der Waals surface area contributed by atoms with Gasteiger partial charge in [0.2, 0.25) is 0 Å². The highest BCUT2D eigenvalue weighted by atomic mass is 32.1. The van der Waals surface area contributed by atoms with E-state index in [1.165, 1.54) is 29.7 Å². The van der Waals surface area contributed by atoms with Crippen LogP contribution < -0.4 is 10.2 Å². The van der Waals surface area contributed by atoms with E-state index in [1.807, 2.05) is 35.2 Å². The van der Waals surface area contributed by atoms with Crippen LogP contribution in [0.4, 0.5) is 11.4 Å². The average molecular weight is 585 g/mol. The third kappa shape index (κ3) is 8.91. The Morgan fingerprint density at radius 2 is 1.62 bits per heavy atom. The van der Waals surface area contributed by atoms with Crippen molar-refractivity contribution in [2.24, 2.45) is 0 Å². The van der Waals surface area contributed by atoms with Gasteiger partial charge in [-0.3, -0.25) is 9.69 Å². The first-order chi connectivity index (χ1) is 20.4. The molecule has 4 rings (SSSR count). The molecule has 0 fully saturated rings. The second-order valence-electron chi connectivity index (χ2n) is 11.0. The third-order valence-corrected chi connectivity index (χ3v) is 8.54. The molecule has 3 aromatic carbocycles. The Kier molecular flexibility index (Phi) is 11.6. The van der Waals surface area contributed by atoms with Crippen LogP contribution in [-0.4, -0.2) is 46.6 Å². The summed E-state index contributed by atoms with van der Waals surface area (Å²) in [7, 11) is 0. The zero-order valence-electron chi connectivity index (χ0n) is 25.3. The van der Waals surface area contributed by atoms with E-state index in [0.29, 0.717) is 31.6 Å². The topological polar surface area (TPSA) is 68.7 Å². The van der Waals surface area contributed by atoms with Gasteiger partial charge in [0.25, 0.3) is 0 Å². The second kappa shape index (κ2) is 15.5. The van der Waals surface area contributed by atoms with Crippen LogP contribution in [-0.2, 0) is 17.9 Å². The molecule has 0 saturated carbocycles. The lowest BCUT2D eigenvalue weighted by atomic mass is 9.94. The summed E-state index contributed by atoms with van der Waals surface area (Å²) in [4.78, 5) is 20.7. The van der Waals surface area contributed by atoms with Gasteiger partial charge in [-0.25, -0.2) is 4.98 Å². The van der Waals surface area contributed by atoms with E-state index >= 15 is 0 Å². The van der Waals surface area contributed by atoms with Gasteiger partial charge in [-0.15, -0.1) is 11.3 Å². The maximum Gasteiger partial charge on any atom is 0.317 e. The number of para-hydroxylation sites is 1. The number of anilines is 2. The molecule has 2 N–H and O–H groups in total. The molecule has 0 aliphatic heterocycles. The predicted molar refractivity (Wildman–Crippen MR) is 176 cm³/mol. The molecule has 0 radical (unpaired) electrons. The van der Waals surface area contributed by atoms with Gasteiger partial charge >= 0.3 is 5.97 Å². The number of carbonyl (C=O) groups is 1. The Morgan fingerprint density at radius 1 is 0.929 bits per heavy atom. The van der Waals surface area contributed by atoms with Crippen LogP contribution >= 0.6 is 11.3 Å². The SMILES string of the molecule is CCC(CC)c1ccc(N(Cc2ccc(-c3csc(CN(CCNc4ccccc4)CC(=O)O)n3)cc2)C(C)C)cc1. The van der Waals surface area contributed by atoms with Crippen LogP contribution in [0.5, 0.6) is 0 Å². The van der Waals surface area contributed by atoms with Crippen molar-refractivity contribution in [1.29, 1.82) is 0 Å². The number of hydrogen-bond donors (Lipinski definition) is 2. The zero-order chi connectivity index (χ0) is 29.9. The van der Waals surface area contributed by atoms with Crippen molar-refractivity contribution in [1.82, 2.24) is 9.88 Å². The Bertz CT molecular complexity index is 1370. The highest BCUT2D eigenvalue weighted by molar-refractivity contribution is 7.09. The molecule has 1 heterocycles. The maximum absolute atomic E-state index is 11.5. The Balaban J connectivity index is 1.37. The van der Waals surface area contributed by atoms with Crippen LogP contribution in [0.15, 0.2) is 84.2 Å². The van der Waals surface area contributed by atoms with Crippen molar-refractivity contribution >= 4 is 28.7 Å². The molecule has 4 aromatic rings. The highest BCUT2D eigenvalue weighted by Crippen LogP contribution is 2.28. The molecule has 7 heteroatoms. The zero-order valence-corrected chi connectivity index (χ0v) is 26.1. The molecule has 0 aliphatic carbocycles. The maximum atomic E-state index is 11.5. The summed E-state index contributed by atoms with van der Waals surface area (Å²) in [6, 6.07) is 28.1. The molecule has 1 aromatic heterocycles. The highest BCUT2D eigenvalue weighted by Gasteiger charge is 2.15. The predicted octanol–water partition coefficient (Wildman–Crippen LogP) is 8.13. The summed E-state index contributed by atoms with van der Waals surface area (Å²) in [5, 5.41) is 15.8. The second-order valence-corrected chi connectivity index (χ2v) is 12.0. The molecular formula is C35H44N4O2S. The molecular weight excluding hydrogens is 540 g/mol. The molecule has 0 amide bonds. The first-order valence-electron chi connectivity index (χ1n) is 15.0. The molecule has 0 aliphatic rings. The van der Waals surface area contributed by atoms with Crippen molar-refractivity contribution < 1.29 is 9.90 Å². The summed E-state index contributed by atoms with van der Waals surface area (Å²) in [5.74, 6) is -0.207. The van der Waals surface area contributed by atoms with E-state index in [9.17, 15) is 9.90 Å². The Morgan fingerprint density at radius 3 is 2.24 bits per heavy atom. The van der Waals surface area contributed by atoms with Crippen LogP contribution in [0, 0.1) is 0 Å². The number of benzene rings is 3. The number of nitrogens with zero attached hydrogens (tertiary/aromatic N) is 3. The quantitative estimate of drug-likeness (QED) is 0.139. The minimum absolute atomic E-state index is 0.0209. The molecule has 0 spiro atoms. The van der Waals surface area contributed by atoms with Crippen LogP contribution in [0.3, 0.4) is 0 Å². The number of carboxylic acids is 1. The van der Waals surface area contributed by atoms with Crippen LogP contribution in [0.25, 0.3) is 11.3 Å². The van der Waals surface area contributed by atoms with Gasteiger partial charge < -0.3 is 15.3 Å². The Labute approximate surface area is 255 Å². The standard InChI is InChI=1S/C35H44N4O2S/c1-5-28(6-2)29-16-18-32(19-17-29)39(26(3)4)22-27-12-14-30(15-13-27)33-25-42-34(37-33)23-38(24-35(40)41)21-20-36-31-10-8-7-9-11-31/h7-19,25-26,28,36H,5-6,20-24H2,1-4H3,(H,40,41).